The van der Waals surface area contributed by atoms with Crippen molar-refractivity contribution >= 4 is 33.2 Å². The molecule has 0 heterocycles. The molecule has 0 saturated heterocycles. The Hall–Kier alpha value is -2.24. The summed E-state index contributed by atoms with van der Waals surface area (Å²) >= 11 is 3.43. The lowest BCUT2D eigenvalue weighted by molar-refractivity contribution is -0.131. The first-order chi connectivity index (χ1) is 14.5. The Bertz CT molecular complexity index is 1000. The van der Waals surface area contributed by atoms with Gasteiger partial charge in [-0.1, -0.05) is 54.0 Å². The predicted octanol–water partition coefficient (Wildman–Crippen LogP) is 5.97. The monoisotopic (exact) mass is 483 g/mol. The molecule has 0 bridgehead atoms. The van der Waals surface area contributed by atoms with E-state index in [4.69, 9.17) is 0 Å². The van der Waals surface area contributed by atoms with Crippen LogP contribution in [-0.2, 0) is 9.59 Å². The molecule has 2 aromatic carbocycles. The normalized spacial score (nSPS) is 23.7. The van der Waals surface area contributed by atoms with Crippen LogP contribution < -0.4 is 5.32 Å². The number of hydrogen-bond acceptors (Lipinski definition) is 4. The van der Waals surface area contributed by atoms with Crippen molar-refractivity contribution in [2.24, 2.45) is 5.92 Å². The van der Waals surface area contributed by atoms with E-state index < -0.39 is 17.4 Å². The smallest absolute Gasteiger partial charge is 0.158 e. The summed E-state index contributed by atoms with van der Waals surface area (Å²) in [4.78, 5) is 25.6. The lowest BCUT2D eigenvalue weighted by Crippen LogP contribution is -2.48. The third-order valence-corrected chi connectivity index (χ3v) is 6.62. The first-order valence-corrected chi connectivity index (χ1v) is 11.4. The van der Waals surface area contributed by atoms with Crippen molar-refractivity contribution in [2.75, 3.05) is 5.32 Å². The van der Waals surface area contributed by atoms with Gasteiger partial charge < -0.3 is 10.4 Å². The van der Waals surface area contributed by atoms with Gasteiger partial charge in [-0.15, -0.1) is 0 Å². The molecule has 5 heteroatoms. The van der Waals surface area contributed by atoms with Crippen LogP contribution in [0, 0.1) is 5.92 Å². The van der Waals surface area contributed by atoms with E-state index in [0.717, 1.165) is 15.7 Å². The van der Waals surface area contributed by atoms with Crippen molar-refractivity contribution < 1.29 is 14.7 Å². The highest BCUT2D eigenvalue weighted by atomic mass is 79.9. The van der Waals surface area contributed by atoms with Crippen molar-refractivity contribution in [1.82, 2.24) is 0 Å². The van der Waals surface area contributed by atoms with Crippen LogP contribution in [0.1, 0.15) is 64.0 Å². The number of rotatable bonds is 6. The highest BCUT2D eigenvalue weighted by molar-refractivity contribution is 9.10. The molecule has 0 spiro atoms. The third kappa shape index (κ3) is 4.99. The van der Waals surface area contributed by atoms with E-state index in [1.54, 1.807) is 6.92 Å². The second kappa shape index (κ2) is 9.09. The van der Waals surface area contributed by atoms with Crippen LogP contribution >= 0.6 is 15.9 Å². The fourth-order valence-electron chi connectivity index (χ4n) is 4.65. The average Bonchev–Trinajstić information content (AvgIpc) is 2.68. The standard InChI is InChI=1S/C26H30BrNO3/c1-15(2)18-6-8-19(9-7-18)24-23(16(3)29)22(14-26(5,31)25(24)17(4)30)28-21-12-10-20(27)11-13-21/h6-13,15,24-25,28,31H,14H2,1-5H3/t24-,25-,26-/m0/s1. The molecule has 0 saturated carbocycles. The fourth-order valence-corrected chi connectivity index (χ4v) is 4.91. The summed E-state index contributed by atoms with van der Waals surface area (Å²) in [7, 11) is 0. The minimum Gasteiger partial charge on any atom is -0.389 e. The minimum absolute atomic E-state index is 0.0979. The van der Waals surface area contributed by atoms with E-state index in [-0.39, 0.29) is 18.0 Å². The summed E-state index contributed by atoms with van der Waals surface area (Å²) in [5.74, 6) is -1.06. The number of carbonyl (C=O) groups excluding carboxylic acids is 2. The van der Waals surface area contributed by atoms with Gasteiger partial charge >= 0.3 is 0 Å². The molecule has 0 aromatic heterocycles. The second-order valence-electron chi connectivity index (χ2n) is 9.00. The number of anilines is 1. The van der Waals surface area contributed by atoms with Gasteiger partial charge in [-0.25, -0.2) is 0 Å². The van der Waals surface area contributed by atoms with Crippen molar-refractivity contribution in [3.05, 3.63) is 75.4 Å². The highest BCUT2D eigenvalue weighted by Crippen LogP contribution is 2.48. The maximum absolute atomic E-state index is 12.9. The molecule has 0 fully saturated rings. The number of hydrogen-bond donors (Lipinski definition) is 2. The Morgan fingerprint density at radius 2 is 1.65 bits per heavy atom. The highest BCUT2D eigenvalue weighted by Gasteiger charge is 2.49. The van der Waals surface area contributed by atoms with E-state index in [9.17, 15) is 14.7 Å². The molecule has 0 aliphatic heterocycles. The molecule has 3 rings (SSSR count). The maximum atomic E-state index is 12.9. The van der Waals surface area contributed by atoms with Gasteiger partial charge in [0.25, 0.3) is 0 Å². The van der Waals surface area contributed by atoms with E-state index in [1.807, 2.05) is 48.5 Å². The van der Waals surface area contributed by atoms with Gasteiger partial charge in [0.1, 0.15) is 5.78 Å². The van der Waals surface area contributed by atoms with Gasteiger partial charge in [-0.3, -0.25) is 9.59 Å². The SMILES string of the molecule is CC(=O)C1=C(Nc2ccc(Br)cc2)C[C@](C)(O)[C@@H](C(C)=O)[C@H]1c1ccc(C(C)C)cc1. The van der Waals surface area contributed by atoms with Crippen LogP contribution in [0.3, 0.4) is 0 Å². The summed E-state index contributed by atoms with van der Waals surface area (Å²) in [5.41, 5.74) is 2.81. The van der Waals surface area contributed by atoms with E-state index in [2.05, 4.69) is 35.1 Å². The number of allylic oxidation sites excluding steroid dienone is 1. The fraction of sp³-hybridized carbons (Fsp3) is 0.385. The zero-order valence-electron chi connectivity index (χ0n) is 18.7. The Balaban J connectivity index is 2.18. The average molecular weight is 484 g/mol. The van der Waals surface area contributed by atoms with Gasteiger partial charge in [0.2, 0.25) is 0 Å². The molecule has 1 aliphatic rings. The molecule has 0 unspecified atom stereocenters. The zero-order valence-corrected chi connectivity index (χ0v) is 20.3. The Labute approximate surface area is 192 Å². The predicted molar refractivity (Wildman–Crippen MR) is 128 cm³/mol. The van der Waals surface area contributed by atoms with E-state index in [0.29, 0.717) is 17.2 Å². The molecule has 0 radical (unpaired) electrons. The molecular formula is C26H30BrNO3. The molecule has 164 valence electrons. The Kier molecular flexibility index (Phi) is 6.87. The number of carbonyl (C=O) groups is 2. The van der Waals surface area contributed by atoms with Crippen molar-refractivity contribution in [3.8, 4) is 0 Å². The van der Waals surface area contributed by atoms with Crippen LogP contribution in [0.4, 0.5) is 5.69 Å². The molecule has 3 atom stereocenters. The van der Waals surface area contributed by atoms with Crippen LogP contribution in [0.5, 0.6) is 0 Å². The van der Waals surface area contributed by atoms with Gasteiger partial charge in [0.15, 0.2) is 5.78 Å². The number of halogens is 1. The van der Waals surface area contributed by atoms with Gasteiger partial charge in [-0.05, 0) is 62.1 Å². The first-order valence-electron chi connectivity index (χ1n) is 10.6. The van der Waals surface area contributed by atoms with Crippen LogP contribution in [-0.4, -0.2) is 22.3 Å². The topological polar surface area (TPSA) is 66.4 Å². The van der Waals surface area contributed by atoms with Crippen LogP contribution in [0.2, 0.25) is 0 Å². The van der Waals surface area contributed by atoms with Gasteiger partial charge in [0.05, 0.1) is 11.5 Å². The van der Waals surface area contributed by atoms with Crippen LogP contribution in [0.15, 0.2) is 64.3 Å². The van der Waals surface area contributed by atoms with Crippen molar-refractivity contribution in [2.45, 2.75) is 58.5 Å². The second-order valence-corrected chi connectivity index (χ2v) is 9.92. The Morgan fingerprint density at radius 1 is 1.06 bits per heavy atom. The summed E-state index contributed by atoms with van der Waals surface area (Å²) in [6, 6.07) is 15.7. The Morgan fingerprint density at radius 3 is 2.13 bits per heavy atom. The number of benzene rings is 2. The minimum atomic E-state index is -1.29. The third-order valence-electron chi connectivity index (χ3n) is 6.09. The zero-order chi connectivity index (χ0) is 22.9. The number of aliphatic hydroxyl groups is 1. The lowest BCUT2D eigenvalue weighted by atomic mass is 9.63. The molecule has 1 aliphatic carbocycles. The lowest BCUT2D eigenvalue weighted by Gasteiger charge is -2.43. The van der Waals surface area contributed by atoms with E-state index >= 15 is 0 Å². The van der Waals surface area contributed by atoms with Gasteiger partial charge in [-0.2, -0.15) is 0 Å². The quantitative estimate of drug-likeness (QED) is 0.530. The number of Topliss-reactive ketones (excluding diaryl/α,β-unsaturated/α-hetero) is 2. The molecule has 2 aromatic rings. The number of ketones is 2. The van der Waals surface area contributed by atoms with Crippen LogP contribution in [0.25, 0.3) is 0 Å². The summed E-state index contributed by atoms with van der Waals surface area (Å²) in [6.07, 6.45) is 0.197. The molecule has 2 N–H and O–H groups in total. The first kappa shape index (κ1) is 23.4. The molecule has 31 heavy (non-hydrogen) atoms. The molecule has 4 nitrogen and oxygen atoms in total. The van der Waals surface area contributed by atoms with E-state index in [1.165, 1.54) is 19.4 Å². The van der Waals surface area contributed by atoms with Crippen molar-refractivity contribution in [1.29, 1.82) is 0 Å². The number of nitrogens with one attached hydrogen (secondary N) is 1. The maximum Gasteiger partial charge on any atom is 0.158 e. The summed E-state index contributed by atoms with van der Waals surface area (Å²) < 4.78 is 0.953. The van der Waals surface area contributed by atoms with Gasteiger partial charge in [0, 0.05) is 33.8 Å². The summed E-state index contributed by atoms with van der Waals surface area (Å²) in [5, 5.41) is 14.7. The van der Waals surface area contributed by atoms with Crippen molar-refractivity contribution in [3.63, 3.8) is 0 Å². The summed E-state index contributed by atoms with van der Waals surface area (Å²) in [6.45, 7) is 8.97. The molecular weight excluding hydrogens is 454 g/mol. The molecule has 0 amide bonds. The largest absolute Gasteiger partial charge is 0.389 e.